The molecule has 154 valence electrons. The van der Waals surface area contributed by atoms with E-state index < -0.39 is 0 Å². The first-order valence-electron chi connectivity index (χ1n) is 9.74. The summed E-state index contributed by atoms with van der Waals surface area (Å²) in [6, 6.07) is 15.9. The third kappa shape index (κ3) is 5.87. The summed E-state index contributed by atoms with van der Waals surface area (Å²) in [5, 5.41) is 7.55. The molecule has 6 nitrogen and oxygen atoms in total. The first-order valence-corrected chi connectivity index (χ1v) is 10.1. The van der Waals surface area contributed by atoms with Gasteiger partial charge in [-0.25, -0.2) is 4.99 Å². The maximum atomic E-state index is 12.0. The van der Waals surface area contributed by atoms with Crippen LogP contribution >= 0.6 is 11.6 Å². The van der Waals surface area contributed by atoms with Crippen molar-refractivity contribution < 1.29 is 9.53 Å². The fourth-order valence-corrected chi connectivity index (χ4v) is 3.34. The van der Waals surface area contributed by atoms with Crippen molar-refractivity contribution in [2.45, 2.75) is 18.9 Å². The zero-order valence-electron chi connectivity index (χ0n) is 16.8. The van der Waals surface area contributed by atoms with Gasteiger partial charge in [-0.05, 0) is 24.1 Å². The van der Waals surface area contributed by atoms with Gasteiger partial charge in [-0.2, -0.15) is 0 Å². The molecule has 0 bridgehead atoms. The van der Waals surface area contributed by atoms with Crippen LogP contribution in [-0.4, -0.2) is 50.6 Å². The summed E-state index contributed by atoms with van der Waals surface area (Å²) in [6.45, 7) is 1.37. The number of likely N-dealkylation sites (N-methyl/N-ethyl adjacent to an activating group) is 1. The Hall–Kier alpha value is -2.73. The molecule has 1 heterocycles. The number of aliphatic imine (C=N–C) groups is 1. The van der Waals surface area contributed by atoms with Crippen LogP contribution in [0.5, 0.6) is 5.75 Å². The van der Waals surface area contributed by atoms with E-state index >= 15 is 0 Å². The van der Waals surface area contributed by atoms with Gasteiger partial charge in [0, 0.05) is 37.6 Å². The van der Waals surface area contributed by atoms with Crippen molar-refractivity contribution in [1.29, 1.82) is 0 Å². The van der Waals surface area contributed by atoms with Crippen molar-refractivity contribution in [3.63, 3.8) is 0 Å². The summed E-state index contributed by atoms with van der Waals surface area (Å²) in [6.07, 6.45) is 1.58. The Morgan fingerprint density at radius 3 is 2.76 bits per heavy atom. The normalized spacial score (nSPS) is 15.8. The Balaban J connectivity index is 1.69. The second-order valence-electron chi connectivity index (χ2n) is 7.09. The first kappa shape index (κ1) is 21.0. The molecule has 0 aliphatic carbocycles. The molecule has 0 aromatic heterocycles. The standard InChI is InChI=1S/C22H27ClN4O2/c1-27(2)21(28)15-25-22(24-13-11-16-7-3-5-9-18(16)23)26-19-12-14-29-20-10-6-4-8-17(19)20/h3-10,19H,11-15H2,1-2H3,(H2,24,25,26). The lowest BCUT2D eigenvalue weighted by molar-refractivity contribution is -0.127. The zero-order chi connectivity index (χ0) is 20.6. The zero-order valence-corrected chi connectivity index (χ0v) is 17.6. The molecule has 0 spiro atoms. The summed E-state index contributed by atoms with van der Waals surface area (Å²) in [5.41, 5.74) is 2.17. The lowest BCUT2D eigenvalue weighted by Gasteiger charge is -2.28. The van der Waals surface area contributed by atoms with Gasteiger partial charge >= 0.3 is 0 Å². The minimum absolute atomic E-state index is 0.0513. The minimum atomic E-state index is -0.0513. The molecule has 0 fully saturated rings. The minimum Gasteiger partial charge on any atom is -0.493 e. The van der Waals surface area contributed by atoms with Gasteiger partial charge in [0.1, 0.15) is 12.3 Å². The number of halogens is 1. The average molecular weight is 415 g/mol. The molecular weight excluding hydrogens is 388 g/mol. The molecule has 1 aliphatic rings. The first-order chi connectivity index (χ1) is 14.0. The molecular formula is C22H27ClN4O2. The smallest absolute Gasteiger partial charge is 0.243 e. The number of guanidine groups is 1. The van der Waals surface area contributed by atoms with Gasteiger partial charge in [-0.3, -0.25) is 4.79 Å². The van der Waals surface area contributed by atoms with Crippen LogP contribution in [0.15, 0.2) is 53.5 Å². The van der Waals surface area contributed by atoms with Crippen LogP contribution in [0.3, 0.4) is 0 Å². The van der Waals surface area contributed by atoms with Gasteiger partial charge in [-0.1, -0.05) is 48.0 Å². The molecule has 3 rings (SSSR count). The summed E-state index contributed by atoms with van der Waals surface area (Å²) >= 11 is 6.25. The number of hydrogen-bond acceptors (Lipinski definition) is 3. The largest absolute Gasteiger partial charge is 0.493 e. The van der Waals surface area contributed by atoms with Crippen LogP contribution in [0.4, 0.5) is 0 Å². The lowest BCUT2D eigenvalue weighted by Crippen LogP contribution is -2.42. The quantitative estimate of drug-likeness (QED) is 0.563. The van der Waals surface area contributed by atoms with Gasteiger partial charge in [0.05, 0.1) is 12.6 Å². The fourth-order valence-electron chi connectivity index (χ4n) is 3.11. The van der Waals surface area contributed by atoms with Crippen molar-refractivity contribution in [2.24, 2.45) is 4.99 Å². The van der Waals surface area contributed by atoms with E-state index in [1.807, 2.05) is 42.5 Å². The van der Waals surface area contributed by atoms with Crippen molar-refractivity contribution in [3.8, 4) is 5.75 Å². The fraction of sp³-hybridized carbons (Fsp3) is 0.364. The molecule has 0 saturated carbocycles. The number of rotatable bonds is 6. The molecule has 0 radical (unpaired) electrons. The number of fused-ring (bicyclic) bond motifs is 1. The van der Waals surface area contributed by atoms with Crippen LogP contribution < -0.4 is 15.4 Å². The van der Waals surface area contributed by atoms with Crippen LogP contribution in [0.1, 0.15) is 23.6 Å². The Bertz CT molecular complexity index is 869. The van der Waals surface area contributed by atoms with E-state index in [0.29, 0.717) is 19.1 Å². The SMILES string of the molecule is CN(C)C(=O)CN=C(NCCc1ccccc1Cl)NC1CCOc2ccccc21. The number of para-hydroxylation sites is 1. The van der Waals surface area contributed by atoms with E-state index in [4.69, 9.17) is 16.3 Å². The highest BCUT2D eigenvalue weighted by molar-refractivity contribution is 6.31. The third-order valence-corrected chi connectivity index (χ3v) is 5.15. The summed E-state index contributed by atoms with van der Waals surface area (Å²) in [4.78, 5) is 18.0. The van der Waals surface area contributed by atoms with Crippen molar-refractivity contribution >= 4 is 23.5 Å². The molecule has 1 amide bonds. The highest BCUT2D eigenvalue weighted by atomic mass is 35.5. The summed E-state index contributed by atoms with van der Waals surface area (Å²) in [5.74, 6) is 1.44. The average Bonchev–Trinajstić information content (AvgIpc) is 2.73. The Labute approximate surface area is 176 Å². The molecule has 1 aliphatic heterocycles. The summed E-state index contributed by atoms with van der Waals surface area (Å²) < 4.78 is 5.74. The van der Waals surface area contributed by atoms with Crippen molar-refractivity contribution in [2.75, 3.05) is 33.8 Å². The predicted molar refractivity (Wildman–Crippen MR) is 117 cm³/mol. The number of benzene rings is 2. The molecule has 29 heavy (non-hydrogen) atoms. The second kappa shape index (κ2) is 10.2. The van der Waals surface area contributed by atoms with Gasteiger partial charge in [0.25, 0.3) is 0 Å². The number of amides is 1. The molecule has 2 N–H and O–H groups in total. The Morgan fingerprint density at radius 1 is 1.21 bits per heavy atom. The van der Waals surface area contributed by atoms with Gasteiger partial charge in [0.15, 0.2) is 5.96 Å². The van der Waals surface area contributed by atoms with Gasteiger partial charge in [0.2, 0.25) is 5.91 Å². The number of ether oxygens (including phenoxy) is 1. The molecule has 2 aromatic carbocycles. The molecule has 0 saturated heterocycles. The van der Waals surface area contributed by atoms with E-state index in [-0.39, 0.29) is 18.5 Å². The van der Waals surface area contributed by atoms with Crippen LogP contribution in [0.25, 0.3) is 0 Å². The van der Waals surface area contributed by atoms with Crippen LogP contribution in [0, 0.1) is 0 Å². The van der Waals surface area contributed by atoms with Crippen LogP contribution in [0.2, 0.25) is 5.02 Å². The number of hydrogen-bond donors (Lipinski definition) is 2. The Morgan fingerprint density at radius 2 is 1.97 bits per heavy atom. The predicted octanol–water partition coefficient (Wildman–Crippen LogP) is 3.03. The summed E-state index contributed by atoms with van der Waals surface area (Å²) in [7, 11) is 3.45. The van der Waals surface area contributed by atoms with E-state index in [1.165, 1.54) is 4.90 Å². The third-order valence-electron chi connectivity index (χ3n) is 4.79. The van der Waals surface area contributed by atoms with E-state index in [2.05, 4.69) is 21.7 Å². The maximum absolute atomic E-state index is 12.0. The van der Waals surface area contributed by atoms with E-state index in [9.17, 15) is 4.79 Å². The number of carbonyl (C=O) groups is 1. The lowest BCUT2D eigenvalue weighted by atomic mass is 10.0. The number of carbonyl (C=O) groups excluding carboxylic acids is 1. The second-order valence-corrected chi connectivity index (χ2v) is 7.50. The molecule has 7 heteroatoms. The van der Waals surface area contributed by atoms with Gasteiger partial charge < -0.3 is 20.3 Å². The van der Waals surface area contributed by atoms with E-state index in [1.54, 1.807) is 14.1 Å². The maximum Gasteiger partial charge on any atom is 0.243 e. The van der Waals surface area contributed by atoms with Crippen molar-refractivity contribution in [1.82, 2.24) is 15.5 Å². The van der Waals surface area contributed by atoms with Gasteiger partial charge in [-0.15, -0.1) is 0 Å². The van der Waals surface area contributed by atoms with Crippen LogP contribution in [-0.2, 0) is 11.2 Å². The highest BCUT2D eigenvalue weighted by Gasteiger charge is 2.22. The highest BCUT2D eigenvalue weighted by Crippen LogP contribution is 2.31. The molecule has 2 aromatic rings. The monoisotopic (exact) mass is 414 g/mol. The number of nitrogens with zero attached hydrogens (tertiary/aromatic N) is 2. The van der Waals surface area contributed by atoms with Crippen molar-refractivity contribution in [3.05, 3.63) is 64.7 Å². The molecule has 1 unspecified atom stereocenters. The van der Waals surface area contributed by atoms with E-state index in [0.717, 1.165) is 34.7 Å². The Kier molecular flexibility index (Phi) is 7.36. The topological polar surface area (TPSA) is 66.0 Å². The molecule has 1 atom stereocenters. The number of nitrogens with one attached hydrogen (secondary N) is 2.